The first-order chi connectivity index (χ1) is 12.1. The van der Waals surface area contributed by atoms with Gasteiger partial charge in [0.1, 0.15) is 11.7 Å². The van der Waals surface area contributed by atoms with Gasteiger partial charge in [-0.15, -0.1) is 0 Å². The summed E-state index contributed by atoms with van der Waals surface area (Å²) in [6.45, 7) is 4.60. The van der Waals surface area contributed by atoms with Crippen molar-refractivity contribution in [2.75, 3.05) is 6.54 Å². The molecule has 1 N–H and O–H groups in total. The summed E-state index contributed by atoms with van der Waals surface area (Å²) < 4.78 is 1.77. The Morgan fingerprint density at radius 3 is 2.80 bits per heavy atom. The van der Waals surface area contributed by atoms with Crippen LogP contribution in [0, 0.1) is 0 Å². The van der Waals surface area contributed by atoms with Gasteiger partial charge < -0.3 is 10.2 Å². The highest BCUT2D eigenvalue weighted by atomic mass is 16.2. The van der Waals surface area contributed by atoms with Crippen LogP contribution in [0.15, 0.2) is 42.9 Å². The molecule has 0 saturated carbocycles. The zero-order valence-electron chi connectivity index (χ0n) is 14.7. The number of rotatable bonds is 5. The highest BCUT2D eigenvalue weighted by molar-refractivity contribution is 5.97. The minimum Gasteiger partial charge on any atom is -0.352 e. The molecule has 1 aliphatic rings. The number of hydrogen-bond acceptors (Lipinski definition) is 3. The van der Waals surface area contributed by atoms with Crippen LogP contribution in [0.1, 0.15) is 43.6 Å². The van der Waals surface area contributed by atoms with Gasteiger partial charge in [-0.25, -0.2) is 4.98 Å². The fraction of sp³-hybridized carbons (Fsp3) is 0.421. The molecule has 6 nitrogen and oxygen atoms in total. The van der Waals surface area contributed by atoms with Crippen molar-refractivity contribution in [3.63, 3.8) is 0 Å². The van der Waals surface area contributed by atoms with Gasteiger partial charge in [-0.05, 0) is 38.3 Å². The predicted molar refractivity (Wildman–Crippen MR) is 95.5 cm³/mol. The number of imidazole rings is 1. The highest BCUT2D eigenvalue weighted by Crippen LogP contribution is 2.22. The zero-order chi connectivity index (χ0) is 17.8. The SMILES string of the molecule is CC[C@@H](C)NC(=O)[C@@H]1CCCN1C(=O)c1cncn1-c1ccccc1. The molecule has 0 unspecified atom stereocenters. The largest absolute Gasteiger partial charge is 0.352 e. The van der Waals surface area contributed by atoms with Crippen molar-refractivity contribution < 1.29 is 9.59 Å². The number of aromatic nitrogens is 2. The van der Waals surface area contributed by atoms with Crippen LogP contribution in [0.3, 0.4) is 0 Å². The van der Waals surface area contributed by atoms with Crippen LogP contribution in [-0.2, 0) is 4.79 Å². The third-order valence-corrected chi connectivity index (χ3v) is 4.71. The van der Waals surface area contributed by atoms with Crippen LogP contribution in [0.4, 0.5) is 0 Å². The Balaban J connectivity index is 1.81. The fourth-order valence-corrected chi connectivity index (χ4v) is 3.12. The second-order valence-electron chi connectivity index (χ2n) is 6.46. The molecular formula is C19H24N4O2. The Hall–Kier alpha value is -2.63. The molecule has 0 radical (unpaired) electrons. The average Bonchev–Trinajstić information content (AvgIpc) is 3.31. The van der Waals surface area contributed by atoms with Crippen LogP contribution in [0.2, 0.25) is 0 Å². The van der Waals surface area contributed by atoms with E-state index in [0.29, 0.717) is 18.7 Å². The van der Waals surface area contributed by atoms with Crippen LogP contribution >= 0.6 is 0 Å². The van der Waals surface area contributed by atoms with Gasteiger partial charge in [0.25, 0.3) is 5.91 Å². The molecule has 132 valence electrons. The number of hydrogen-bond donors (Lipinski definition) is 1. The second-order valence-corrected chi connectivity index (χ2v) is 6.46. The molecular weight excluding hydrogens is 316 g/mol. The summed E-state index contributed by atoms with van der Waals surface area (Å²) in [7, 11) is 0. The Bertz CT molecular complexity index is 741. The summed E-state index contributed by atoms with van der Waals surface area (Å²) in [5.74, 6) is -0.214. The van der Waals surface area contributed by atoms with E-state index in [9.17, 15) is 9.59 Å². The van der Waals surface area contributed by atoms with Crippen molar-refractivity contribution in [2.45, 2.75) is 45.2 Å². The van der Waals surface area contributed by atoms with Gasteiger partial charge in [0.2, 0.25) is 5.91 Å². The minimum absolute atomic E-state index is 0.0639. The molecule has 0 aliphatic carbocycles. The normalized spacial score (nSPS) is 18.2. The maximum Gasteiger partial charge on any atom is 0.273 e. The van der Waals surface area contributed by atoms with Crippen molar-refractivity contribution in [3.8, 4) is 5.69 Å². The minimum atomic E-state index is -0.402. The van der Waals surface area contributed by atoms with Crippen LogP contribution in [0.25, 0.3) is 5.69 Å². The van der Waals surface area contributed by atoms with Crippen molar-refractivity contribution in [2.24, 2.45) is 0 Å². The molecule has 1 aromatic heterocycles. The number of benzene rings is 1. The summed E-state index contributed by atoms with van der Waals surface area (Å²) in [5.41, 5.74) is 1.36. The second kappa shape index (κ2) is 7.51. The first-order valence-electron chi connectivity index (χ1n) is 8.81. The van der Waals surface area contributed by atoms with E-state index in [4.69, 9.17) is 0 Å². The molecule has 1 fully saturated rings. The molecule has 1 aliphatic heterocycles. The number of nitrogens with one attached hydrogen (secondary N) is 1. The first-order valence-corrected chi connectivity index (χ1v) is 8.81. The van der Waals surface area contributed by atoms with Gasteiger partial charge >= 0.3 is 0 Å². The number of nitrogens with zero attached hydrogens (tertiary/aromatic N) is 3. The van der Waals surface area contributed by atoms with Gasteiger partial charge in [-0.2, -0.15) is 0 Å². The van der Waals surface area contributed by atoms with E-state index in [1.807, 2.05) is 44.2 Å². The highest BCUT2D eigenvalue weighted by Gasteiger charge is 2.36. The third kappa shape index (κ3) is 3.57. The van der Waals surface area contributed by atoms with E-state index in [1.165, 1.54) is 0 Å². The van der Waals surface area contributed by atoms with Crippen molar-refractivity contribution in [1.29, 1.82) is 0 Å². The molecule has 0 bridgehead atoms. The quantitative estimate of drug-likeness (QED) is 0.909. The van der Waals surface area contributed by atoms with E-state index < -0.39 is 6.04 Å². The summed E-state index contributed by atoms with van der Waals surface area (Å²) >= 11 is 0. The average molecular weight is 340 g/mol. The molecule has 2 heterocycles. The Labute approximate surface area is 147 Å². The van der Waals surface area contributed by atoms with Crippen molar-refractivity contribution in [1.82, 2.24) is 19.8 Å². The van der Waals surface area contributed by atoms with Gasteiger partial charge in [0, 0.05) is 18.3 Å². The standard InChI is InChI=1S/C19H24N4O2/c1-3-14(2)21-18(24)16-10-7-11-22(16)19(25)17-12-20-13-23(17)15-8-5-4-6-9-15/h4-6,8-9,12-14,16H,3,7,10-11H2,1-2H3,(H,21,24)/t14-,16+/m1/s1. The first kappa shape index (κ1) is 17.2. The summed E-state index contributed by atoms with van der Waals surface area (Å²) in [6, 6.07) is 9.33. The van der Waals surface area contributed by atoms with Gasteiger partial charge in [0.05, 0.1) is 12.5 Å². The van der Waals surface area contributed by atoms with E-state index in [-0.39, 0.29) is 17.9 Å². The maximum atomic E-state index is 13.1. The van der Waals surface area contributed by atoms with Gasteiger partial charge in [0.15, 0.2) is 0 Å². The molecule has 2 atom stereocenters. The lowest BCUT2D eigenvalue weighted by atomic mass is 10.1. The van der Waals surface area contributed by atoms with E-state index in [1.54, 1.807) is 22.0 Å². The van der Waals surface area contributed by atoms with Gasteiger partial charge in [-0.3, -0.25) is 14.2 Å². The summed E-state index contributed by atoms with van der Waals surface area (Å²) in [6.07, 6.45) is 5.61. The number of carbonyl (C=O) groups is 2. The molecule has 1 aromatic carbocycles. The van der Waals surface area contributed by atoms with E-state index >= 15 is 0 Å². The van der Waals surface area contributed by atoms with E-state index in [0.717, 1.165) is 18.5 Å². The molecule has 1 saturated heterocycles. The predicted octanol–water partition coefficient (Wildman–Crippen LogP) is 2.39. The monoisotopic (exact) mass is 340 g/mol. The van der Waals surface area contributed by atoms with Crippen LogP contribution in [0.5, 0.6) is 0 Å². The van der Waals surface area contributed by atoms with Crippen LogP contribution in [-0.4, -0.2) is 44.9 Å². The van der Waals surface area contributed by atoms with Gasteiger partial charge in [-0.1, -0.05) is 25.1 Å². The number of carbonyl (C=O) groups excluding carboxylic acids is 2. The summed E-state index contributed by atoms with van der Waals surface area (Å²) in [5, 5.41) is 2.99. The molecule has 0 spiro atoms. The Morgan fingerprint density at radius 1 is 1.32 bits per heavy atom. The maximum absolute atomic E-state index is 13.1. The lowest BCUT2D eigenvalue weighted by Crippen LogP contribution is -2.48. The van der Waals surface area contributed by atoms with Crippen LogP contribution < -0.4 is 5.32 Å². The van der Waals surface area contributed by atoms with E-state index in [2.05, 4.69) is 10.3 Å². The molecule has 25 heavy (non-hydrogen) atoms. The van der Waals surface area contributed by atoms with Crippen molar-refractivity contribution in [3.05, 3.63) is 48.5 Å². The lowest BCUT2D eigenvalue weighted by molar-refractivity contribution is -0.125. The zero-order valence-corrected chi connectivity index (χ0v) is 14.7. The fourth-order valence-electron chi connectivity index (χ4n) is 3.12. The molecule has 6 heteroatoms. The number of para-hydroxylation sites is 1. The lowest BCUT2D eigenvalue weighted by Gasteiger charge is -2.25. The van der Waals surface area contributed by atoms with Crippen molar-refractivity contribution >= 4 is 11.8 Å². The topological polar surface area (TPSA) is 67.2 Å². The molecule has 2 amide bonds. The number of likely N-dealkylation sites (tertiary alicyclic amines) is 1. The third-order valence-electron chi connectivity index (χ3n) is 4.71. The molecule has 3 rings (SSSR count). The smallest absolute Gasteiger partial charge is 0.273 e. The molecule has 2 aromatic rings. The number of amides is 2. The Kier molecular flexibility index (Phi) is 5.16. The Morgan fingerprint density at radius 2 is 2.08 bits per heavy atom. The summed E-state index contributed by atoms with van der Waals surface area (Å²) in [4.78, 5) is 31.4.